The highest BCUT2D eigenvalue weighted by molar-refractivity contribution is 5.68. The molecule has 2 N–H and O–H groups in total. The Hall–Kier alpha value is -1.57. The second-order valence-corrected chi connectivity index (χ2v) is 7.38. The van der Waals surface area contributed by atoms with Crippen LogP contribution < -0.4 is 0 Å². The van der Waals surface area contributed by atoms with Gasteiger partial charge in [0, 0.05) is 12.3 Å². The SMILES string of the molecule is CC#CCC(C)C/C=C/[C@@H]1[C@H]2C/C(=C/COCC(=O)O)C[C@H]2C[C@H]1O. The molecule has 2 fully saturated rings. The van der Waals surface area contributed by atoms with Crippen molar-refractivity contribution in [3.8, 4) is 11.8 Å². The Morgan fingerprint density at radius 2 is 2.24 bits per heavy atom. The zero-order chi connectivity index (χ0) is 18.2. The Labute approximate surface area is 151 Å². The molecule has 0 aromatic carbocycles. The van der Waals surface area contributed by atoms with E-state index in [0.717, 1.165) is 32.1 Å². The predicted molar refractivity (Wildman–Crippen MR) is 97.9 cm³/mol. The minimum absolute atomic E-state index is 0.234. The average Bonchev–Trinajstić information content (AvgIpc) is 3.07. The molecule has 0 radical (unpaired) electrons. The van der Waals surface area contributed by atoms with Crippen LogP contribution in [0.15, 0.2) is 23.8 Å². The van der Waals surface area contributed by atoms with Crippen LogP contribution in [-0.2, 0) is 9.53 Å². The van der Waals surface area contributed by atoms with E-state index in [9.17, 15) is 9.90 Å². The molecule has 0 amide bonds. The van der Waals surface area contributed by atoms with E-state index in [1.807, 2.05) is 13.0 Å². The van der Waals surface area contributed by atoms with E-state index in [4.69, 9.17) is 9.84 Å². The third-order valence-corrected chi connectivity index (χ3v) is 5.35. The first-order valence-corrected chi connectivity index (χ1v) is 9.23. The van der Waals surface area contributed by atoms with Gasteiger partial charge in [-0.25, -0.2) is 4.79 Å². The number of carboxylic acids is 1. The predicted octanol–water partition coefficient (Wildman–Crippen LogP) is 3.42. The quantitative estimate of drug-likeness (QED) is 0.401. The third-order valence-electron chi connectivity index (χ3n) is 5.35. The summed E-state index contributed by atoms with van der Waals surface area (Å²) in [6.07, 6.45) is 11.0. The number of hydrogen-bond donors (Lipinski definition) is 2. The average molecular weight is 346 g/mol. The maximum atomic E-state index is 10.5. The third kappa shape index (κ3) is 6.02. The molecule has 0 spiro atoms. The molecule has 1 unspecified atom stereocenters. The summed E-state index contributed by atoms with van der Waals surface area (Å²) in [7, 11) is 0. The molecule has 2 aliphatic carbocycles. The highest BCUT2D eigenvalue weighted by Gasteiger charge is 2.44. The first kappa shape index (κ1) is 19.8. The van der Waals surface area contributed by atoms with Gasteiger partial charge in [0.25, 0.3) is 0 Å². The number of allylic oxidation sites excluding steroid dienone is 2. The summed E-state index contributed by atoms with van der Waals surface area (Å²) in [5, 5.41) is 19.0. The molecule has 2 saturated carbocycles. The van der Waals surface area contributed by atoms with E-state index >= 15 is 0 Å². The molecule has 0 heterocycles. The molecule has 5 atom stereocenters. The summed E-state index contributed by atoms with van der Waals surface area (Å²) >= 11 is 0. The lowest BCUT2D eigenvalue weighted by Crippen LogP contribution is -2.16. The molecule has 4 heteroatoms. The van der Waals surface area contributed by atoms with Gasteiger partial charge in [-0.2, -0.15) is 0 Å². The van der Waals surface area contributed by atoms with E-state index in [2.05, 4.69) is 30.9 Å². The molecule has 0 aliphatic heterocycles. The molecule has 0 saturated heterocycles. The lowest BCUT2D eigenvalue weighted by Gasteiger charge is -2.17. The fourth-order valence-corrected chi connectivity index (χ4v) is 4.09. The number of aliphatic hydroxyl groups is 1. The number of carboxylic acid groups (broad SMARTS) is 1. The molecular formula is C21H30O4. The second kappa shape index (κ2) is 9.79. The Balaban J connectivity index is 1.83. The molecule has 2 aliphatic rings. The lowest BCUT2D eigenvalue weighted by molar-refractivity contribution is -0.141. The number of rotatable bonds is 8. The smallest absolute Gasteiger partial charge is 0.329 e. The van der Waals surface area contributed by atoms with E-state index in [1.165, 1.54) is 5.57 Å². The highest BCUT2D eigenvalue weighted by atomic mass is 16.5. The van der Waals surface area contributed by atoms with Gasteiger partial charge in [0.1, 0.15) is 6.61 Å². The molecule has 25 heavy (non-hydrogen) atoms. The molecule has 0 aromatic rings. The molecule has 138 valence electrons. The van der Waals surface area contributed by atoms with Crippen molar-refractivity contribution < 1.29 is 19.7 Å². The number of hydrogen-bond acceptors (Lipinski definition) is 3. The largest absolute Gasteiger partial charge is 0.480 e. The molecule has 4 nitrogen and oxygen atoms in total. The summed E-state index contributed by atoms with van der Waals surface area (Å²) in [6.45, 7) is 4.19. The minimum atomic E-state index is -0.936. The summed E-state index contributed by atoms with van der Waals surface area (Å²) < 4.78 is 5.10. The van der Waals surface area contributed by atoms with Crippen LogP contribution in [0.1, 0.15) is 46.0 Å². The van der Waals surface area contributed by atoms with E-state index in [0.29, 0.717) is 24.4 Å². The molecular weight excluding hydrogens is 316 g/mol. The maximum Gasteiger partial charge on any atom is 0.329 e. The van der Waals surface area contributed by atoms with Crippen molar-refractivity contribution in [2.45, 2.75) is 52.1 Å². The van der Waals surface area contributed by atoms with Crippen molar-refractivity contribution in [3.63, 3.8) is 0 Å². The van der Waals surface area contributed by atoms with Crippen LogP contribution in [0.4, 0.5) is 0 Å². The first-order chi connectivity index (χ1) is 12.0. The van der Waals surface area contributed by atoms with Crippen molar-refractivity contribution in [1.29, 1.82) is 0 Å². The Morgan fingerprint density at radius 3 is 2.96 bits per heavy atom. The van der Waals surface area contributed by atoms with Gasteiger partial charge in [0.15, 0.2) is 0 Å². The van der Waals surface area contributed by atoms with Gasteiger partial charge >= 0.3 is 5.97 Å². The summed E-state index contributed by atoms with van der Waals surface area (Å²) in [4.78, 5) is 10.5. The van der Waals surface area contributed by atoms with Crippen molar-refractivity contribution in [2.75, 3.05) is 13.2 Å². The van der Waals surface area contributed by atoms with Crippen LogP contribution >= 0.6 is 0 Å². The highest BCUT2D eigenvalue weighted by Crippen LogP contribution is 2.50. The van der Waals surface area contributed by atoms with Crippen LogP contribution in [0, 0.1) is 35.5 Å². The Kier molecular flexibility index (Phi) is 7.74. The van der Waals surface area contributed by atoms with Gasteiger partial charge in [-0.3, -0.25) is 0 Å². The Bertz CT molecular complexity index is 566. The molecule has 0 bridgehead atoms. The normalized spacial score (nSPS) is 31.1. The van der Waals surface area contributed by atoms with Gasteiger partial charge < -0.3 is 14.9 Å². The van der Waals surface area contributed by atoms with Gasteiger partial charge in [-0.15, -0.1) is 11.8 Å². The van der Waals surface area contributed by atoms with Crippen molar-refractivity contribution >= 4 is 5.97 Å². The number of ether oxygens (including phenoxy) is 1. The van der Waals surface area contributed by atoms with E-state index < -0.39 is 5.97 Å². The molecule has 2 rings (SSSR count). The maximum absolute atomic E-state index is 10.5. The van der Waals surface area contributed by atoms with Crippen molar-refractivity contribution in [2.24, 2.45) is 23.7 Å². The van der Waals surface area contributed by atoms with Crippen LogP contribution in [0.25, 0.3) is 0 Å². The number of fused-ring (bicyclic) bond motifs is 1. The minimum Gasteiger partial charge on any atom is -0.480 e. The van der Waals surface area contributed by atoms with Gasteiger partial charge in [-0.1, -0.05) is 30.7 Å². The lowest BCUT2D eigenvalue weighted by atomic mass is 9.90. The topological polar surface area (TPSA) is 66.8 Å². The molecule has 0 aromatic heterocycles. The number of carbonyl (C=O) groups is 1. The van der Waals surface area contributed by atoms with Gasteiger partial charge in [0.05, 0.1) is 12.7 Å². The summed E-state index contributed by atoms with van der Waals surface area (Å²) in [6, 6.07) is 0. The van der Waals surface area contributed by atoms with Crippen LogP contribution in [-0.4, -0.2) is 35.5 Å². The van der Waals surface area contributed by atoms with E-state index in [1.54, 1.807) is 0 Å². The number of aliphatic carboxylic acids is 1. The van der Waals surface area contributed by atoms with Crippen LogP contribution in [0.2, 0.25) is 0 Å². The van der Waals surface area contributed by atoms with Crippen molar-refractivity contribution in [1.82, 2.24) is 0 Å². The standard InChI is InChI=1S/C21H30O4/c1-3-4-6-15(2)7-5-8-18-19-12-16(9-10-25-14-21(23)24)11-17(19)13-20(18)22/h5,8-9,15,17-20,22H,6-7,10-14H2,1-2H3,(H,23,24)/b8-5+,16-9+/t15?,17-,18+,19-,20+/m0/s1. The van der Waals surface area contributed by atoms with Crippen LogP contribution in [0.5, 0.6) is 0 Å². The fourth-order valence-electron chi connectivity index (χ4n) is 4.09. The summed E-state index contributed by atoms with van der Waals surface area (Å²) in [5.74, 6) is 6.94. The fraction of sp³-hybridized carbons (Fsp3) is 0.667. The van der Waals surface area contributed by atoms with Gasteiger partial charge in [0.2, 0.25) is 0 Å². The van der Waals surface area contributed by atoms with Crippen LogP contribution in [0.3, 0.4) is 0 Å². The van der Waals surface area contributed by atoms with Crippen molar-refractivity contribution in [3.05, 3.63) is 23.8 Å². The summed E-state index contributed by atoms with van der Waals surface area (Å²) in [5.41, 5.74) is 1.34. The zero-order valence-corrected chi connectivity index (χ0v) is 15.3. The van der Waals surface area contributed by atoms with Gasteiger partial charge in [-0.05, 0) is 50.4 Å². The Morgan fingerprint density at radius 1 is 1.44 bits per heavy atom. The zero-order valence-electron chi connectivity index (χ0n) is 15.3. The number of aliphatic hydroxyl groups excluding tert-OH is 1. The monoisotopic (exact) mass is 346 g/mol. The first-order valence-electron chi connectivity index (χ1n) is 9.23. The second-order valence-electron chi connectivity index (χ2n) is 7.38. The van der Waals surface area contributed by atoms with E-state index in [-0.39, 0.29) is 18.6 Å².